The molecule has 2 aromatic heterocycles. The number of aromatic amines is 2. The Morgan fingerprint density at radius 2 is 1.18 bits per heavy atom. The zero-order valence-corrected chi connectivity index (χ0v) is 21.9. The zero-order valence-electron chi connectivity index (χ0n) is 21.9. The van der Waals surface area contributed by atoms with Crippen molar-refractivity contribution in [3.05, 3.63) is 108 Å². The lowest BCUT2D eigenvalue weighted by atomic mass is 10.0. The maximum Gasteiger partial charge on any atom is 0.243 e. The van der Waals surface area contributed by atoms with Crippen molar-refractivity contribution in [2.24, 2.45) is 11.5 Å². The van der Waals surface area contributed by atoms with Gasteiger partial charge >= 0.3 is 0 Å². The van der Waals surface area contributed by atoms with Crippen LogP contribution in [0, 0.1) is 0 Å². The van der Waals surface area contributed by atoms with Crippen molar-refractivity contribution in [3.63, 3.8) is 0 Å². The third-order valence-electron chi connectivity index (χ3n) is 7.13. The van der Waals surface area contributed by atoms with Crippen molar-refractivity contribution in [2.75, 3.05) is 0 Å². The fourth-order valence-corrected chi connectivity index (χ4v) is 4.98. The topological polar surface area (TPSA) is 159 Å². The average molecular weight is 537 g/mol. The Bertz CT molecular complexity index is 1640. The SMILES string of the molecule is NC(=O)[C@H](Cc1ccccc1)NC(=O)[C@@H](Cc1c[nH]c2ccccc12)NC(=O)[C@H](N)Cc1c[nH]c2ccccc12. The number of carbonyl (C=O) groups is 3. The minimum atomic E-state index is -0.988. The van der Waals surface area contributed by atoms with Gasteiger partial charge in [-0.3, -0.25) is 14.4 Å². The fraction of sp³-hybridized carbons (Fsp3) is 0.194. The van der Waals surface area contributed by atoms with Crippen LogP contribution in [0.3, 0.4) is 0 Å². The molecule has 0 spiro atoms. The van der Waals surface area contributed by atoms with E-state index in [9.17, 15) is 14.4 Å². The predicted octanol–water partition coefficient (Wildman–Crippen LogP) is 2.46. The van der Waals surface area contributed by atoms with Crippen molar-refractivity contribution >= 4 is 39.5 Å². The quantitative estimate of drug-likeness (QED) is 0.153. The molecule has 5 rings (SSSR count). The van der Waals surface area contributed by atoms with Crippen LogP contribution in [0.25, 0.3) is 21.8 Å². The second kappa shape index (κ2) is 11.9. The van der Waals surface area contributed by atoms with Crippen LogP contribution in [0.15, 0.2) is 91.3 Å². The first-order chi connectivity index (χ1) is 19.4. The molecular weight excluding hydrogens is 504 g/mol. The van der Waals surface area contributed by atoms with Gasteiger partial charge in [0, 0.05) is 47.0 Å². The van der Waals surface area contributed by atoms with E-state index in [4.69, 9.17) is 11.5 Å². The molecule has 9 heteroatoms. The van der Waals surface area contributed by atoms with Gasteiger partial charge < -0.3 is 32.1 Å². The Labute approximate surface area is 231 Å². The Kier molecular flexibility index (Phi) is 7.93. The van der Waals surface area contributed by atoms with Crippen LogP contribution in [-0.2, 0) is 33.6 Å². The third-order valence-corrected chi connectivity index (χ3v) is 7.13. The van der Waals surface area contributed by atoms with Crippen LogP contribution in [0.1, 0.15) is 16.7 Å². The molecule has 3 atom stereocenters. The van der Waals surface area contributed by atoms with Gasteiger partial charge in [0.1, 0.15) is 12.1 Å². The van der Waals surface area contributed by atoms with Gasteiger partial charge in [0.15, 0.2) is 0 Å². The van der Waals surface area contributed by atoms with Gasteiger partial charge in [0.05, 0.1) is 6.04 Å². The molecule has 3 aromatic carbocycles. The summed E-state index contributed by atoms with van der Waals surface area (Å²) in [7, 11) is 0. The lowest BCUT2D eigenvalue weighted by Gasteiger charge is -2.23. The van der Waals surface area contributed by atoms with Crippen LogP contribution in [0.2, 0.25) is 0 Å². The van der Waals surface area contributed by atoms with E-state index in [1.165, 1.54) is 0 Å². The molecule has 40 heavy (non-hydrogen) atoms. The molecule has 8 N–H and O–H groups in total. The molecule has 0 fully saturated rings. The number of nitrogens with two attached hydrogens (primary N) is 2. The summed E-state index contributed by atoms with van der Waals surface area (Å²) < 4.78 is 0. The number of benzene rings is 3. The van der Waals surface area contributed by atoms with E-state index in [0.29, 0.717) is 0 Å². The van der Waals surface area contributed by atoms with E-state index < -0.39 is 35.8 Å². The molecule has 0 unspecified atom stereocenters. The van der Waals surface area contributed by atoms with E-state index >= 15 is 0 Å². The van der Waals surface area contributed by atoms with Crippen molar-refractivity contribution in [1.82, 2.24) is 20.6 Å². The summed E-state index contributed by atoms with van der Waals surface area (Å²) in [6.07, 6.45) is 4.37. The molecule has 204 valence electrons. The number of rotatable bonds is 11. The van der Waals surface area contributed by atoms with Gasteiger partial charge in [0.25, 0.3) is 0 Å². The third kappa shape index (κ3) is 6.05. The number of hydrogen-bond acceptors (Lipinski definition) is 4. The van der Waals surface area contributed by atoms with Gasteiger partial charge in [-0.2, -0.15) is 0 Å². The molecule has 0 saturated carbocycles. The van der Waals surface area contributed by atoms with Crippen LogP contribution < -0.4 is 22.1 Å². The Morgan fingerprint density at radius 3 is 1.77 bits per heavy atom. The molecule has 0 aliphatic heterocycles. The first-order valence-corrected chi connectivity index (χ1v) is 13.2. The van der Waals surface area contributed by atoms with Crippen LogP contribution >= 0.6 is 0 Å². The molecule has 2 heterocycles. The highest BCUT2D eigenvalue weighted by Gasteiger charge is 2.29. The van der Waals surface area contributed by atoms with E-state index in [-0.39, 0.29) is 19.3 Å². The summed E-state index contributed by atoms with van der Waals surface area (Å²) in [4.78, 5) is 45.5. The molecule has 3 amide bonds. The number of fused-ring (bicyclic) bond motifs is 2. The maximum absolute atomic E-state index is 13.6. The summed E-state index contributed by atoms with van der Waals surface area (Å²) >= 11 is 0. The molecule has 0 saturated heterocycles. The second-order valence-corrected chi connectivity index (χ2v) is 9.95. The van der Waals surface area contributed by atoms with Crippen molar-refractivity contribution in [1.29, 1.82) is 0 Å². The molecule has 0 aliphatic rings. The van der Waals surface area contributed by atoms with E-state index in [2.05, 4.69) is 20.6 Å². The second-order valence-electron chi connectivity index (χ2n) is 9.95. The molecular formula is C31H32N6O3. The van der Waals surface area contributed by atoms with Gasteiger partial charge in [-0.25, -0.2) is 0 Å². The van der Waals surface area contributed by atoms with Crippen LogP contribution in [0.5, 0.6) is 0 Å². The van der Waals surface area contributed by atoms with Crippen molar-refractivity contribution in [2.45, 2.75) is 37.4 Å². The summed E-state index contributed by atoms with van der Waals surface area (Å²) in [5.74, 6) is -1.65. The van der Waals surface area contributed by atoms with Gasteiger partial charge in [0.2, 0.25) is 17.7 Å². The first-order valence-electron chi connectivity index (χ1n) is 13.2. The van der Waals surface area contributed by atoms with E-state index in [1.807, 2.05) is 91.3 Å². The van der Waals surface area contributed by atoms with E-state index in [0.717, 1.165) is 38.5 Å². The van der Waals surface area contributed by atoms with Gasteiger partial charge in [-0.05, 0) is 35.2 Å². The van der Waals surface area contributed by atoms with Crippen molar-refractivity contribution in [3.8, 4) is 0 Å². The number of primary amides is 1. The summed E-state index contributed by atoms with van der Waals surface area (Å²) in [5, 5.41) is 7.52. The lowest BCUT2D eigenvalue weighted by Crippen LogP contribution is -2.56. The number of para-hydroxylation sites is 2. The predicted molar refractivity (Wildman–Crippen MR) is 155 cm³/mol. The van der Waals surface area contributed by atoms with Crippen LogP contribution in [-0.4, -0.2) is 45.8 Å². The molecule has 5 aromatic rings. The highest BCUT2D eigenvalue weighted by molar-refractivity contribution is 5.94. The van der Waals surface area contributed by atoms with Gasteiger partial charge in [-0.1, -0.05) is 66.7 Å². The first kappa shape index (κ1) is 26.7. The molecule has 0 aliphatic carbocycles. The monoisotopic (exact) mass is 536 g/mol. The fourth-order valence-electron chi connectivity index (χ4n) is 4.98. The number of H-pyrrole nitrogens is 2. The van der Waals surface area contributed by atoms with E-state index in [1.54, 1.807) is 0 Å². The number of aromatic nitrogens is 2. The minimum absolute atomic E-state index is 0.193. The average Bonchev–Trinajstić information content (AvgIpc) is 3.57. The number of amides is 3. The van der Waals surface area contributed by atoms with Crippen LogP contribution in [0.4, 0.5) is 0 Å². The Hall–Kier alpha value is -4.89. The summed E-state index contributed by atoms with van der Waals surface area (Å²) in [6.45, 7) is 0. The molecule has 9 nitrogen and oxygen atoms in total. The number of nitrogens with one attached hydrogen (secondary N) is 4. The highest BCUT2D eigenvalue weighted by Crippen LogP contribution is 2.21. The molecule has 0 radical (unpaired) electrons. The summed E-state index contributed by atoms with van der Waals surface area (Å²) in [6, 6.07) is 22.0. The Morgan fingerprint density at radius 1 is 0.650 bits per heavy atom. The summed E-state index contributed by atoms with van der Waals surface area (Å²) in [5.41, 5.74) is 16.5. The molecule has 0 bridgehead atoms. The lowest BCUT2D eigenvalue weighted by molar-refractivity contribution is -0.131. The maximum atomic E-state index is 13.6. The number of carbonyl (C=O) groups excluding carboxylic acids is 3. The van der Waals surface area contributed by atoms with Crippen molar-refractivity contribution < 1.29 is 14.4 Å². The largest absolute Gasteiger partial charge is 0.368 e. The smallest absolute Gasteiger partial charge is 0.243 e. The number of hydrogen-bond donors (Lipinski definition) is 6. The minimum Gasteiger partial charge on any atom is -0.368 e. The normalized spacial score (nSPS) is 13.5. The van der Waals surface area contributed by atoms with Gasteiger partial charge in [-0.15, -0.1) is 0 Å². The highest BCUT2D eigenvalue weighted by atomic mass is 16.2. The zero-order chi connectivity index (χ0) is 28.1. The standard InChI is InChI=1S/C31H32N6O3/c32-24(15-20-17-34-25-12-6-4-10-22(20)25)30(39)37-28(16-21-18-35-26-13-7-5-11-23(21)26)31(40)36-27(29(33)38)14-19-8-2-1-3-9-19/h1-13,17-18,24,27-28,34-35H,14-16,32H2,(H2,33,38)(H,36,40)(H,37,39)/t24-,27+,28-/m1/s1. The Balaban J connectivity index is 1.35.